The molecule has 0 aliphatic rings. The number of benzene rings is 8. The van der Waals surface area contributed by atoms with Crippen molar-refractivity contribution in [1.29, 1.82) is 0 Å². The lowest BCUT2D eigenvalue weighted by Crippen LogP contribution is -1.96. The number of para-hydroxylation sites is 2. The summed E-state index contributed by atoms with van der Waals surface area (Å²) < 4.78 is 2.41. The summed E-state index contributed by atoms with van der Waals surface area (Å²) >= 11 is 0. The monoisotopic (exact) mass is 700 g/mol. The van der Waals surface area contributed by atoms with E-state index < -0.39 is 0 Å². The van der Waals surface area contributed by atoms with Crippen molar-refractivity contribution in [2.75, 3.05) is 0 Å². The Labute approximate surface area is 321 Å². The van der Waals surface area contributed by atoms with Crippen LogP contribution in [-0.2, 0) is 0 Å². The Morgan fingerprint density at radius 3 is 1.02 bits per heavy atom. The summed E-state index contributed by atoms with van der Waals surface area (Å²) in [7, 11) is 0. The second-order valence-corrected chi connectivity index (χ2v) is 14.0. The third-order valence-electron chi connectivity index (χ3n) is 10.6. The molecule has 55 heavy (non-hydrogen) atoms. The molecule has 2 heteroatoms. The number of aromatic nitrogens is 2. The van der Waals surface area contributed by atoms with Crippen LogP contribution in [-0.4, -0.2) is 9.55 Å². The van der Waals surface area contributed by atoms with Crippen LogP contribution in [0, 0.1) is 0 Å². The minimum absolute atomic E-state index is 0.967. The van der Waals surface area contributed by atoms with Gasteiger partial charge in [0.1, 0.15) is 0 Å². The first-order valence-corrected chi connectivity index (χ1v) is 18.8. The highest BCUT2D eigenvalue weighted by atomic mass is 15.0. The van der Waals surface area contributed by atoms with Crippen LogP contribution in [0.3, 0.4) is 0 Å². The number of pyridine rings is 1. The molecule has 0 amide bonds. The Morgan fingerprint density at radius 2 is 0.582 bits per heavy atom. The van der Waals surface area contributed by atoms with Gasteiger partial charge >= 0.3 is 0 Å². The maximum atomic E-state index is 5.07. The van der Waals surface area contributed by atoms with E-state index in [1.165, 1.54) is 55.2 Å². The van der Waals surface area contributed by atoms with Crippen molar-refractivity contribution >= 4 is 21.8 Å². The maximum Gasteiger partial charge on any atom is 0.0715 e. The highest BCUT2D eigenvalue weighted by molar-refractivity contribution is 6.09. The first-order chi connectivity index (χ1) is 27.2. The standard InChI is InChI=1S/C53H36N2/c1-4-14-37(15-5-1)44-32-45(34-47(33-44)55-52-22-12-10-20-48(52)49-21-11-13-23-53(49)55)40-28-24-38(25-29-40)39-26-30-41(31-27-39)46-35-50(42-16-6-2-7-17-42)54-51(36-46)43-18-8-3-9-19-43/h1-36H. The molecule has 0 N–H and O–H groups in total. The molecular formula is C53H36N2. The molecule has 0 saturated carbocycles. The van der Waals surface area contributed by atoms with Gasteiger partial charge in [0.15, 0.2) is 0 Å². The van der Waals surface area contributed by atoms with Gasteiger partial charge in [-0.3, -0.25) is 0 Å². The van der Waals surface area contributed by atoms with E-state index in [0.717, 1.165) is 39.3 Å². The highest BCUT2D eigenvalue weighted by Crippen LogP contribution is 2.37. The van der Waals surface area contributed by atoms with Crippen LogP contribution in [0.2, 0.25) is 0 Å². The molecule has 10 rings (SSSR count). The fourth-order valence-corrected chi connectivity index (χ4v) is 7.83. The van der Waals surface area contributed by atoms with Gasteiger partial charge in [-0.1, -0.05) is 176 Å². The van der Waals surface area contributed by atoms with Crippen molar-refractivity contribution in [2.24, 2.45) is 0 Å². The smallest absolute Gasteiger partial charge is 0.0715 e. The molecule has 0 fully saturated rings. The molecule has 2 aromatic heterocycles. The van der Waals surface area contributed by atoms with Crippen LogP contribution >= 0.6 is 0 Å². The molecule has 2 heterocycles. The molecule has 10 aromatic rings. The SMILES string of the molecule is c1ccc(-c2cc(-c3ccc(-c4ccc(-c5cc(-c6ccccc6)nc(-c6ccccc6)c5)cc4)cc3)cc(-n3c4ccccc4c4ccccc43)c2)cc1. The summed E-state index contributed by atoms with van der Waals surface area (Å²) in [6.07, 6.45) is 0. The Morgan fingerprint density at radius 1 is 0.255 bits per heavy atom. The first-order valence-electron chi connectivity index (χ1n) is 18.8. The van der Waals surface area contributed by atoms with Gasteiger partial charge in [-0.15, -0.1) is 0 Å². The molecule has 0 aliphatic carbocycles. The third kappa shape index (κ3) is 6.20. The van der Waals surface area contributed by atoms with Crippen LogP contribution < -0.4 is 0 Å². The fourth-order valence-electron chi connectivity index (χ4n) is 7.83. The summed E-state index contributed by atoms with van der Waals surface area (Å²) in [5, 5.41) is 2.52. The van der Waals surface area contributed by atoms with Crippen molar-refractivity contribution in [3.05, 3.63) is 218 Å². The lowest BCUT2D eigenvalue weighted by Gasteiger charge is -2.14. The van der Waals surface area contributed by atoms with E-state index in [2.05, 4.69) is 211 Å². The van der Waals surface area contributed by atoms with Gasteiger partial charge in [-0.25, -0.2) is 4.98 Å². The molecule has 0 aliphatic heterocycles. The fraction of sp³-hybridized carbons (Fsp3) is 0. The molecule has 0 unspecified atom stereocenters. The van der Waals surface area contributed by atoms with Gasteiger partial charge in [-0.2, -0.15) is 0 Å². The van der Waals surface area contributed by atoms with Crippen LogP contribution in [0.25, 0.3) is 94.5 Å². The largest absolute Gasteiger partial charge is 0.309 e. The average Bonchev–Trinajstić information content (AvgIpc) is 3.61. The second kappa shape index (κ2) is 13.9. The van der Waals surface area contributed by atoms with Gasteiger partial charge in [0.05, 0.1) is 22.4 Å². The number of rotatable bonds is 7. The predicted octanol–water partition coefficient (Wildman–Crippen LogP) is 14.2. The van der Waals surface area contributed by atoms with E-state index in [1.54, 1.807) is 0 Å². The van der Waals surface area contributed by atoms with Gasteiger partial charge in [0.25, 0.3) is 0 Å². The topological polar surface area (TPSA) is 17.8 Å². The summed E-state index contributed by atoms with van der Waals surface area (Å²) in [6, 6.07) is 78.2. The van der Waals surface area contributed by atoms with E-state index in [0.29, 0.717) is 0 Å². The number of hydrogen-bond donors (Lipinski definition) is 0. The number of fused-ring (bicyclic) bond motifs is 3. The summed E-state index contributed by atoms with van der Waals surface area (Å²) in [5.41, 5.74) is 17.1. The summed E-state index contributed by atoms with van der Waals surface area (Å²) in [6.45, 7) is 0. The summed E-state index contributed by atoms with van der Waals surface area (Å²) in [4.78, 5) is 5.07. The molecule has 0 atom stereocenters. The lowest BCUT2D eigenvalue weighted by atomic mass is 9.95. The molecule has 0 radical (unpaired) electrons. The Bertz CT molecular complexity index is 2810. The molecular weight excluding hydrogens is 665 g/mol. The van der Waals surface area contributed by atoms with Crippen molar-refractivity contribution < 1.29 is 0 Å². The van der Waals surface area contributed by atoms with Crippen LogP contribution in [0.4, 0.5) is 0 Å². The number of nitrogens with zero attached hydrogens (tertiary/aromatic N) is 2. The Kier molecular flexibility index (Phi) is 8.20. The predicted molar refractivity (Wildman–Crippen MR) is 231 cm³/mol. The molecule has 8 aromatic carbocycles. The Balaban J connectivity index is 1.01. The molecule has 2 nitrogen and oxygen atoms in total. The van der Waals surface area contributed by atoms with Crippen molar-refractivity contribution in [3.8, 4) is 72.7 Å². The quantitative estimate of drug-likeness (QED) is 0.162. The molecule has 0 bridgehead atoms. The zero-order valence-corrected chi connectivity index (χ0v) is 30.2. The van der Waals surface area contributed by atoms with Crippen LogP contribution in [0.5, 0.6) is 0 Å². The van der Waals surface area contributed by atoms with Crippen molar-refractivity contribution in [3.63, 3.8) is 0 Å². The zero-order valence-electron chi connectivity index (χ0n) is 30.2. The average molecular weight is 701 g/mol. The highest BCUT2D eigenvalue weighted by Gasteiger charge is 2.15. The van der Waals surface area contributed by atoms with Gasteiger partial charge < -0.3 is 4.57 Å². The van der Waals surface area contributed by atoms with Crippen LogP contribution in [0.15, 0.2) is 218 Å². The number of hydrogen-bond acceptors (Lipinski definition) is 1. The minimum Gasteiger partial charge on any atom is -0.309 e. The lowest BCUT2D eigenvalue weighted by molar-refractivity contribution is 1.18. The van der Waals surface area contributed by atoms with Gasteiger partial charge in [-0.05, 0) is 87.0 Å². The van der Waals surface area contributed by atoms with Crippen LogP contribution in [0.1, 0.15) is 0 Å². The second-order valence-electron chi connectivity index (χ2n) is 14.0. The van der Waals surface area contributed by atoms with Gasteiger partial charge in [0.2, 0.25) is 0 Å². The Hall–Kier alpha value is -7.29. The van der Waals surface area contributed by atoms with E-state index >= 15 is 0 Å². The van der Waals surface area contributed by atoms with Gasteiger partial charge in [0, 0.05) is 27.6 Å². The minimum atomic E-state index is 0.967. The third-order valence-corrected chi connectivity index (χ3v) is 10.6. The van der Waals surface area contributed by atoms with E-state index in [-0.39, 0.29) is 0 Å². The summed E-state index contributed by atoms with van der Waals surface area (Å²) in [5.74, 6) is 0. The van der Waals surface area contributed by atoms with E-state index in [4.69, 9.17) is 4.98 Å². The molecule has 0 saturated heterocycles. The molecule has 0 spiro atoms. The van der Waals surface area contributed by atoms with E-state index in [9.17, 15) is 0 Å². The van der Waals surface area contributed by atoms with Crippen molar-refractivity contribution in [2.45, 2.75) is 0 Å². The van der Waals surface area contributed by atoms with Crippen molar-refractivity contribution in [1.82, 2.24) is 9.55 Å². The maximum absolute atomic E-state index is 5.07. The molecule has 258 valence electrons. The zero-order chi connectivity index (χ0) is 36.6. The first kappa shape index (κ1) is 32.4. The van der Waals surface area contributed by atoms with E-state index in [1.807, 2.05) is 12.1 Å². The normalized spacial score (nSPS) is 11.3.